The number of rotatable bonds is 5. The molecule has 1 aromatic carbocycles. The summed E-state index contributed by atoms with van der Waals surface area (Å²) in [5.74, 6) is 0.305. The first-order valence-corrected chi connectivity index (χ1v) is 8.22. The summed E-state index contributed by atoms with van der Waals surface area (Å²) in [5.41, 5.74) is 3.65. The second-order valence-electron chi connectivity index (χ2n) is 6.68. The molecule has 1 atom stereocenters. The molecule has 1 saturated heterocycles. The van der Waals surface area contributed by atoms with Crippen LogP contribution in [-0.2, 0) is 11.2 Å². The Morgan fingerprint density at radius 3 is 2.76 bits per heavy atom. The molecule has 2 aliphatic rings. The van der Waals surface area contributed by atoms with E-state index in [1.165, 1.54) is 42.4 Å². The van der Waals surface area contributed by atoms with Crippen molar-refractivity contribution >= 4 is 5.91 Å². The highest BCUT2D eigenvalue weighted by atomic mass is 16.2. The molecule has 1 aliphatic carbocycles. The molecule has 0 radical (unpaired) electrons. The molecule has 1 aromatic rings. The number of nitrogens with zero attached hydrogens (tertiary/aromatic N) is 1. The summed E-state index contributed by atoms with van der Waals surface area (Å²) in [6, 6.07) is 7.41. The molecule has 1 saturated carbocycles. The molecule has 2 fully saturated rings. The van der Waals surface area contributed by atoms with Crippen LogP contribution in [0.3, 0.4) is 0 Å². The van der Waals surface area contributed by atoms with Crippen LogP contribution in [0.5, 0.6) is 0 Å². The predicted octanol–water partition coefficient (Wildman–Crippen LogP) is 2.59. The van der Waals surface area contributed by atoms with E-state index < -0.39 is 0 Å². The summed E-state index contributed by atoms with van der Waals surface area (Å²) in [4.78, 5) is 14.9. The van der Waals surface area contributed by atoms with Crippen molar-refractivity contribution in [2.75, 3.05) is 13.1 Å². The molecule has 3 heteroatoms. The second kappa shape index (κ2) is 6.18. The zero-order chi connectivity index (χ0) is 14.8. The highest BCUT2D eigenvalue weighted by Gasteiger charge is 2.34. The van der Waals surface area contributed by atoms with E-state index in [4.69, 9.17) is 0 Å². The van der Waals surface area contributed by atoms with Crippen LogP contribution in [0.4, 0.5) is 0 Å². The van der Waals surface area contributed by atoms with E-state index in [0.29, 0.717) is 24.4 Å². The summed E-state index contributed by atoms with van der Waals surface area (Å²) < 4.78 is 0. The number of carbonyl (C=O) groups is 1. The Kier molecular flexibility index (Phi) is 4.29. The lowest BCUT2D eigenvalue weighted by Gasteiger charge is -2.26. The van der Waals surface area contributed by atoms with E-state index in [2.05, 4.69) is 42.3 Å². The highest BCUT2D eigenvalue weighted by molar-refractivity contribution is 5.80. The van der Waals surface area contributed by atoms with Gasteiger partial charge in [0, 0.05) is 18.6 Å². The number of aryl methyl sites for hydroxylation is 2. The minimum atomic E-state index is 0.305. The van der Waals surface area contributed by atoms with E-state index in [-0.39, 0.29) is 0 Å². The van der Waals surface area contributed by atoms with E-state index >= 15 is 0 Å². The van der Waals surface area contributed by atoms with Crippen molar-refractivity contribution in [2.24, 2.45) is 0 Å². The van der Waals surface area contributed by atoms with Crippen molar-refractivity contribution in [3.05, 3.63) is 34.9 Å². The Labute approximate surface area is 127 Å². The Morgan fingerprint density at radius 1 is 1.29 bits per heavy atom. The van der Waals surface area contributed by atoms with Crippen LogP contribution in [-0.4, -0.2) is 36.0 Å². The van der Waals surface area contributed by atoms with Crippen LogP contribution in [0.1, 0.15) is 42.4 Å². The molecule has 1 unspecified atom stereocenters. The lowest BCUT2D eigenvalue weighted by atomic mass is 10.0. The normalized spacial score (nSPS) is 21.5. The molecule has 1 heterocycles. The number of amides is 1. The van der Waals surface area contributed by atoms with Gasteiger partial charge in [0.25, 0.3) is 0 Å². The topological polar surface area (TPSA) is 32.3 Å². The maximum atomic E-state index is 12.7. The SMILES string of the molecule is Cc1ccc(C)c(CC(=O)N(CC2CCCN2)C2CC2)c1. The summed E-state index contributed by atoms with van der Waals surface area (Å²) in [5, 5.41) is 3.52. The van der Waals surface area contributed by atoms with Gasteiger partial charge >= 0.3 is 0 Å². The Balaban J connectivity index is 1.67. The number of hydrogen-bond donors (Lipinski definition) is 1. The lowest BCUT2D eigenvalue weighted by Crippen LogP contribution is -2.43. The molecule has 0 spiro atoms. The third kappa shape index (κ3) is 3.65. The largest absolute Gasteiger partial charge is 0.338 e. The lowest BCUT2D eigenvalue weighted by molar-refractivity contribution is -0.131. The zero-order valence-corrected chi connectivity index (χ0v) is 13.2. The quantitative estimate of drug-likeness (QED) is 0.902. The van der Waals surface area contributed by atoms with Gasteiger partial charge in [-0.05, 0) is 57.2 Å². The number of benzene rings is 1. The average molecular weight is 286 g/mol. The second-order valence-corrected chi connectivity index (χ2v) is 6.68. The van der Waals surface area contributed by atoms with E-state index in [0.717, 1.165) is 13.1 Å². The van der Waals surface area contributed by atoms with Gasteiger partial charge in [-0.1, -0.05) is 23.8 Å². The molecular weight excluding hydrogens is 260 g/mol. The fourth-order valence-electron chi connectivity index (χ4n) is 3.25. The van der Waals surface area contributed by atoms with Crippen LogP contribution in [0, 0.1) is 13.8 Å². The van der Waals surface area contributed by atoms with Gasteiger partial charge in [-0.25, -0.2) is 0 Å². The third-order valence-corrected chi connectivity index (χ3v) is 4.73. The number of carbonyl (C=O) groups excluding carboxylic acids is 1. The Hall–Kier alpha value is -1.35. The van der Waals surface area contributed by atoms with Gasteiger partial charge in [-0.15, -0.1) is 0 Å². The fraction of sp³-hybridized carbons (Fsp3) is 0.611. The van der Waals surface area contributed by atoms with E-state index in [9.17, 15) is 4.79 Å². The smallest absolute Gasteiger partial charge is 0.227 e. The van der Waals surface area contributed by atoms with Crippen molar-refractivity contribution in [3.8, 4) is 0 Å². The molecule has 1 aliphatic heterocycles. The van der Waals surface area contributed by atoms with E-state index in [1.807, 2.05) is 0 Å². The van der Waals surface area contributed by atoms with Gasteiger partial charge in [-0.2, -0.15) is 0 Å². The molecule has 1 N–H and O–H groups in total. The molecule has 1 amide bonds. The summed E-state index contributed by atoms with van der Waals surface area (Å²) >= 11 is 0. The van der Waals surface area contributed by atoms with Crippen LogP contribution in [0.15, 0.2) is 18.2 Å². The van der Waals surface area contributed by atoms with Crippen LogP contribution in [0.2, 0.25) is 0 Å². The molecule has 21 heavy (non-hydrogen) atoms. The highest BCUT2D eigenvalue weighted by Crippen LogP contribution is 2.28. The molecule has 0 bridgehead atoms. The first kappa shape index (κ1) is 14.6. The molecule has 3 rings (SSSR count). The van der Waals surface area contributed by atoms with Crippen LogP contribution in [0.25, 0.3) is 0 Å². The van der Waals surface area contributed by atoms with Crippen molar-refractivity contribution < 1.29 is 4.79 Å². The zero-order valence-electron chi connectivity index (χ0n) is 13.2. The summed E-state index contributed by atoms with van der Waals surface area (Å²) in [7, 11) is 0. The maximum Gasteiger partial charge on any atom is 0.227 e. The summed E-state index contributed by atoms with van der Waals surface area (Å²) in [6.45, 7) is 6.19. The monoisotopic (exact) mass is 286 g/mol. The maximum absolute atomic E-state index is 12.7. The molecular formula is C18H26N2O. The average Bonchev–Trinajstić information content (AvgIpc) is 3.16. The minimum absolute atomic E-state index is 0.305. The van der Waals surface area contributed by atoms with Crippen molar-refractivity contribution in [3.63, 3.8) is 0 Å². The van der Waals surface area contributed by atoms with Gasteiger partial charge in [0.05, 0.1) is 6.42 Å². The minimum Gasteiger partial charge on any atom is -0.338 e. The van der Waals surface area contributed by atoms with Crippen molar-refractivity contribution in [1.29, 1.82) is 0 Å². The van der Waals surface area contributed by atoms with Gasteiger partial charge in [-0.3, -0.25) is 4.79 Å². The Bertz CT molecular complexity index is 516. The predicted molar refractivity (Wildman–Crippen MR) is 85.4 cm³/mol. The third-order valence-electron chi connectivity index (χ3n) is 4.73. The molecule has 0 aromatic heterocycles. The van der Waals surface area contributed by atoms with Crippen molar-refractivity contribution in [1.82, 2.24) is 10.2 Å². The van der Waals surface area contributed by atoms with E-state index in [1.54, 1.807) is 0 Å². The first-order valence-electron chi connectivity index (χ1n) is 8.22. The fourth-order valence-corrected chi connectivity index (χ4v) is 3.25. The van der Waals surface area contributed by atoms with Gasteiger partial charge < -0.3 is 10.2 Å². The molecule has 114 valence electrons. The number of hydrogen-bond acceptors (Lipinski definition) is 2. The van der Waals surface area contributed by atoms with Crippen LogP contribution >= 0.6 is 0 Å². The summed E-state index contributed by atoms with van der Waals surface area (Å²) in [6.07, 6.45) is 5.38. The standard InChI is InChI=1S/C18H26N2O/c1-13-5-6-14(2)15(10-13)11-18(21)20(17-7-8-17)12-16-4-3-9-19-16/h5-6,10,16-17,19H,3-4,7-9,11-12H2,1-2H3. The van der Waals surface area contributed by atoms with Gasteiger partial charge in [0.2, 0.25) is 5.91 Å². The van der Waals surface area contributed by atoms with Crippen molar-refractivity contribution in [2.45, 2.75) is 58.0 Å². The number of nitrogens with one attached hydrogen (secondary N) is 1. The van der Waals surface area contributed by atoms with Gasteiger partial charge in [0.15, 0.2) is 0 Å². The first-order chi connectivity index (χ1) is 10.1. The van der Waals surface area contributed by atoms with Gasteiger partial charge in [0.1, 0.15) is 0 Å². The molecule has 3 nitrogen and oxygen atoms in total. The van der Waals surface area contributed by atoms with Crippen LogP contribution < -0.4 is 5.32 Å². The Morgan fingerprint density at radius 2 is 2.10 bits per heavy atom.